The summed E-state index contributed by atoms with van der Waals surface area (Å²) in [6.45, 7) is 1.81. The van der Waals surface area contributed by atoms with Gasteiger partial charge in [-0.3, -0.25) is 4.79 Å². The van der Waals surface area contributed by atoms with Crippen molar-refractivity contribution in [2.24, 2.45) is 11.7 Å². The average molecular weight is 336 g/mol. The molecule has 5 nitrogen and oxygen atoms in total. The van der Waals surface area contributed by atoms with E-state index in [1.165, 1.54) is 0 Å². The van der Waals surface area contributed by atoms with E-state index in [0.717, 1.165) is 42.7 Å². The van der Waals surface area contributed by atoms with E-state index in [-0.39, 0.29) is 30.3 Å². The Morgan fingerprint density at radius 1 is 1.30 bits per heavy atom. The molecule has 0 bridgehead atoms. The number of rotatable bonds is 3. The zero-order valence-electron chi connectivity index (χ0n) is 13.1. The minimum absolute atomic E-state index is 0. The van der Waals surface area contributed by atoms with Crippen LogP contribution in [-0.4, -0.2) is 16.9 Å². The van der Waals surface area contributed by atoms with Crippen LogP contribution in [0.25, 0.3) is 11.3 Å². The van der Waals surface area contributed by atoms with Crippen molar-refractivity contribution in [3.05, 3.63) is 36.4 Å². The van der Waals surface area contributed by atoms with Gasteiger partial charge in [0.2, 0.25) is 5.91 Å². The highest BCUT2D eigenvalue weighted by Gasteiger charge is 2.25. The predicted octanol–water partition coefficient (Wildman–Crippen LogP) is 3.53. The number of carbonyl (C=O) groups excluding carboxylic acids is 1. The monoisotopic (exact) mass is 335 g/mol. The molecule has 1 aliphatic carbocycles. The van der Waals surface area contributed by atoms with Crippen LogP contribution in [0.3, 0.4) is 0 Å². The first-order chi connectivity index (χ1) is 10.6. The van der Waals surface area contributed by atoms with Gasteiger partial charge in [-0.25, -0.2) is 4.98 Å². The van der Waals surface area contributed by atoms with Crippen LogP contribution < -0.4 is 11.1 Å². The lowest BCUT2D eigenvalue weighted by molar-refractivity contribution is -0.120. The molecule has 6 heteroatoms. The van der Waals surface area contributed by atoms with E-state index in [9.17, 15) is 4.79 Å². The Bertz CT molecular complexity index is 654. The number of hydrogen-bond acceptors (Lipinski definition) is 4. The quantitative estimate of drug-likeness (QED) is 0.899. The molecular formula is C17H22ClN3O2. The molecule has 2 aromatic rings. The van der Waals surface area contributed by atoms with Crippen molar-refractivity contribution >= 4 is 24.0 Å². The Labute approximate surface area is 142 Å². The SMILES string of the molecule is Cc1ncc(-c2ccc(NC(=O)C3CCCC(N)C3)cc2)o1.Cl. The van der Waals surface area contributed by atoms with Gasteiger partial charge >= 0.3 is 0 Å². The highest BCUT2D eigenvalue weighted by molar-refractivity contribution is 5.92. The Morgan fingerprint density at radius 3 is 2.65 bits per heavy atom. The third-order valence-electron chi connectivity index (χ3n) is 4.14. The molecule has 2 atom stereocenters. The van der Waals surface area contributed by atoms with E-state index in [1.54, 1.807) is 6.20 Å². The predicted molar refractivity (Wildman–Crippen MR) is 92.5 cm³/mol. The van der Waals surface area contributed by atoms with Crippen LogP contribution in [0.5, 0.6) is 0 Å². The van der Waals surface area contributed by atoms with Crippen LogP contribution in [-0.2, 0) is 4.79 Å². The molecule has 0 aliphatic heterocycles. The number of hydrogen-bond donors (Lipinski definition) is 2. The highest BCUT2D eigenvalue weighted by atomic mass is 35.5. The summed E-state index contributed by atoms with van der Waals surface area (Å²) >= 11 is 0. The first-order valence-corrected chi connectivity index (χ1v) is 7.71. The first-order valence-electron chi connectivity index (χ1n) is 7.71. The molecule has 1 aliphatic rings. The number of carbonyl (C=O) groups is 1. The first kappa shape index (κ1) is 17.5. The Hall–Kier alpha value is -1.85. The van der Waals surface area contributed by atoms with Gasteiger partial charge in [0, 0.05) is 30.1 Å². The molecule has 3 N–H and O–H groups in total. The van der Waals surface area contributed by atoms with Crippen LogP contribution in [0, 0.1) is 12.8 Å². The molecule has 1 saturated carbocycles. The Kier molecular flexibility index (Phi) is 5.80. The van der Waals surface area contributed by atoms with Crippen molar-refractivity contribution in [2.75, 3.05) is 5.32 Å². The van der Waals surface area contributed by atoms with Crippen molar-refractivity contribution in [1.82, 2.24) is 4.98 Å². The second kappa shape index (κ2) is 7.62. The molecule has 0 saturated heterocycles. The molecule has 1 fully saturated rings. The van der Waals surface area contributed by atoms with Gasteiger partial charge in [-0.2, -0.15) is 0 Å². The number of nitrogens with one attached hydrogen (secondary N) is 1. The van der Waals surface area contributed by atoms with Crippen LogP contribution in [0.2, 0.25) is 0 Å². The molecule has 1 heterocycles. The number of nitrogens with zero attached hydrogens (tertiary/aromatic N) is 1. The largest absolute Gasteiger partial charge is 0.441 e. The topological polar surface area (TPSA) is 81.2 Å². The molecule has 1 aromatic heterocycles. The maximum absolute atomic E-state index is 12.3. The molecule has 0 spiro atoms. The number of nitrogens with two attached hydrogens (primary N) is 1. The zero-order chi connectivity index (χ0) is 15.5. The fourth-order valence-corrected chi connectivity index (χ4v) is 2.92. The fourth-order valence-electron chi connectivity index (χ4n) is 2.92. The summed E-state index contributed by atoms with van der Waals surface area (Å²) in [6, 6.07) is 7.76. The van der Waals surface area contributed by atoms with Gasteiger partial charge in [0.05, 0.1) is 6.20 Å². The Balaban J connectivity index is 0.00000192. The van der Waals surface area contributed by atoms with Crippen molar-refractivity contribution in [2.45, 2.75) is 38.6 Å². The van der Waals surface area contributed by atoms with Gasteiger partial charge in [-0.15, -0.1) is 12.4 Å². The van der Waals surface area contributed by atoms with Crippen molar-refractivity contribution in [3.8, 4) is 11.3 Å². The number of anilines is 1. The molecule has 0 radical (unpaired) electrons. The third kappa shape index (κ3) is 4.33. The van der Waals surface area contributed by atoms with Crippen LogP contribution in [0.4, 0.5) is 5.69 Å². The number of aromatic nitrogens is 1. The van der Waals surface area contributed by atoms with Gasteiger partial charge < -0.3 is 15.5 Å². The zero-order valence-corrected chi connectivity index (χ0v) is 13.9. The van der Waals surface area contributed by atoms with Gasteiger partial charge in [0.25, 0.3) is 0 Å². The smallest absolute Gasteiger partial charge is 0.227 e. The molecule has 2 unspecified atom stereocenters. The summed E-state index contributed by atoms with van der Waals surface area (Å²) in [7, 11) is 0. The highest BCUT2D eigenvalue weighted by Crippen LogP contribution is 2.26. The third-order valence-corrected chi connectivity index (χ3v) is 4.14. The molecule has 23 heavy (non-hydrogen) atoms. The van der Waals surface area contributed by atoms with Crippen molar-refractivity contribution in [3.63, 3.8) is 0 Å². The normalized spacial score (nSPS) is 20.6. The van der Waals surface area contributed by atoms with Crippen LogP contribution in [0.1, 0.15) is 31.6 Å². The molecule has 1 aromatic carbocycles. The van der Waals surface area contributed by atoms with E-state index in [1.807, 2.05) is 31.2 Å². The summed E-state index contributed by atoms with van der Waals surface area (Å²) in [5, 5.41) is 2.98. The van der Waals surface area contributed by atoms with E-state index >= 15 is 0 Å². The fraction of sp³-hybridized carbons (Fsp3) is 0.412. The molecular weight excluding hydrogens is 314 g/mol. The van der Waals surface area contributed by atoms with Crippen LogP contribution in [0.15, 0.2) is 34.9 Å². The second-order valence-electron chi connectivity index (χ2n) is 5.93. The minimum atomic E-state index is 0. The van der Waals surface area contributed by atoms with Crippen LogP contribution >= 0.6 is 12.4 Å². The van der Waals surface area contributed by atoms with Gasteiger partial charge in [0.15, 0.2) is 11.7 Å². The summed E-state index contributed by atoms with van der Waals surface area (Å²) in [6.07, 6.45) is 5.46. The van der Waals surface area contributed by atoms with Gasteiger partial charge in [-0.05, 0) is 43.5 Å². The lowest BCUT2D eigenvalue weighted by atomic mass is 9.85. The summed E-state index contributed by atoms with van der Waals surface area (Å²) in [5.41, 5.74) is 7.68. The number of halogens is 1. The Morgan fingerprint density at radius 2 is 2.04 bits per heavy atom. The standard InChI is InChI=1S/C17H21N3O2.ClH/c1-11-19-10-16(22-11)12-5-7-15(8-6-12)20-17(21)13-3-2-4-14(18)9-13;/h5-8,10,13-14H,2-4,9,18H2,1H3,(H,20,21);1H. The van der Waals surface area contributed by atoms with E-state index in [2.05, 4.69) is 10.3 Å². The maximum Gasteiger partial charge on any atom is 0.227 e. The summed E-state index contributed by atoms with van der Waals surface area (Å²) < 4.78 is 5.49. The van der Waals surface area contributed by atoms with E-state index in [0.29, 0.717) is 5.89 Å². The molecule has 124 valence electrons. The number of amides is 1. The van der Waals surface area contributed by atoms with Gasteiger partial charge in [0.1, 0.15) is 0 Å². The van der Waals surface area contributed by atoms with Crippen molar-refractivity contribution < 1.29 is 9.21 Å². The number of benzene rings is 1. The van der Waals surface area contributed by atoms with E-state index < -0.39 is 0 Å². The summed E-state index contributed by atoms with van der Waals surface area (Å²) in [4.78, 5) is 16.4. The summed E-state index contributed by atoms with van der Waals surface area (Å²) in [5.74, 6) is 1.47. The second-order valence-corrected chi connectivity index (χ2v) is 5.93. The lowest BCUT2D eigenvalue weighted by Gasteiger charge is -2.25. The molecule has 1 amide bonds. The maximum atomic E-state index is 12.3. The lowest BCUT2D eigenvalue weighted by Crippen LogP contribution is -2.34. The minimum Gasteiger partial charge on any atom is -0.441 e. The van der Waals surface area contributed by atoms with Gasteiger partial charge in [-0.1, -0.05) is 6.42 Å². The number of oxazole rings is 1. The number of aryl methyl sites for hydroxylation is 1. The average Bonchev–Trinajstić information content (AvgIpc) is 2.94. The molecule has 3 rings (SSSR count). The van der Waals surface area contributed by atoms with E-state index in [4.69, 9.17) is 10.2 Å². The van der Waals surface area contributed by atoms with Crippen molar-refractivity contribution in [1.29, 1.82) is 0 Å².